The largest absolute Gasteiger partial charge is 0.341 e. The Kier molecular flexibility index (Phi) is 4.88. The molecule has 3 rings (SSSR count). The highest BCUT2D eigenvalue weighted by molar-refractivity contribution is 5.79. The number of rotatable bonds is 5. The van der Waals surface area contributed by atoms with Crippen LogP contribution in [0.2, 0.25) is 0 Å². The average Bonchev–Trinajstić information content (AvgIpc) is 3.02. The smallest absolute Gasteiger partial charge is 0.225 e. The summed E-state index contributed by atoms with van der Waals surface area (Å²) in [4.78, 5) is 16.7. The Labute approximate surface area is 144 Å². The number of carbonyl (C=O) groups excluding carboxylic acids is 1. The SMILES string of the molecule is Cc1nc(C(NC(=O)Cc2ccccc2C)c2ccccc2F)no1. The molecule has 1 N–H and O–H groups in total. The van der Waals surface area contributed by atoms with E-state index >= 15 is 0 Å². The van der Waals surface area contributed by atoms with E-state index in [2.05, 4.69) is 15.5 Å². The first-order valence-corrected chi connectivity index (χ1v) is 7.93. The Balaban J connectivity index is 1.87. The first kappa shape index (κ1) is 16.8. The van der Waals surface area contributed by atoms with Gasteiger partial charge in [-0.15, -0.1) is 0 Å². The molecule has 1 atom stereocenters. The van der Waals surface area contributed by atoms with Gasteiger partial charge in [-0.1, -0.05) is 47.6 Å². The van der Waals surface area contributed by atoms with E-state index in [1.165, 1.54) is 6.07 Å². The minimum atomic E-state index is -0.810. The molecule has 3 aromatic rings. The molecule has 0 spiro atoms. The van der Waals surface area contributed by atoms with Gasteiger partial charge >= 0.3 is 0 Å². The summed E-state index contributed by atoms with van der Waals surface area (Å²) in [6.07, 6.45) is 0.189. The van der Waals surface area contributed by atoms with Gasteiger partial charge < -0.3 is 9.84 Å². The molecule has 0 bridgehead atoms. The van der Waals surface area contributed by atoms with Crippen molar-refractivity contribution in [2.45, 2.75) is 26.3 Å². The second kappa shape index (κ2) is 7.25. The average molecular weight is 339 g/mol. The van der Waals surface area contributed by atoms with Gasteiger partial charge in [0.25, 0.3) is 0 Å². The highest BCUT2D eigenvalue weighted by Gasteiger charge is 2.24. The molecule has 0 radical (unpaired) electrons. The minimum Gasteiger partial charge on any atom is -0.341 e. The Hall–Kier alpha value is -3.02. The number of aryl methyl sites for hydroxylation is 2. The fraction of sp³-hybridized carbons (Fsp3) is 0.211. The lowest BCUT2D eigenvalue weighted by atomic mass is 10.0. The van der Waals surface area contributed by atoms with E-state index in [0.29, 0.717) is 11.5 Å². The van der Waals surface area contributed by atoms with Crippen LogP contribution < -0.4 is 5.32 Å². The molecule has 0 aliphatic carbocycles. The number of benzene rings is 2. The molecule has 2 aromatic carbocycles. The van der Waals surface area contributed by atoms with E-state index in [1.807, 2.05) is 31.2 Å². The molecule has 128 valence electrons. The van der Waals surface area contributed by atoms with E-state index < -0.39 is 11.9 Å². The third-order valence-corrected chi connectivity index (χ3v) is 3.94. The van der Waals surface area contributed by atoms with Crippen LogP contribution in [0.25, 0.3) is 0 Å². The van der Waals surface area contributed by atoms with Crippen LogP contribution in [0.3, 0.4) is 0 Å². The molecule has 1 heterocycles. The van der Waals surface area contributed by atoms with Gasteiger partial charge in [-0.2, -0.15) is 4.98 Å². The second-order valence-electron chi connectivity index (χ2n) is 5.80. The highest BCUT2D eigenvalue weighted by atomic mass is 19.1. The maximum absolute atomic E-state index is 14.2. The van der Waals surface area contributed by atoms with Gasteiger partial charge in [0.15, 0.2) is 5.82 Å². The first-order chi connectivity index (χ1) is 12.0. The van der Waals surface area contributed by atoms with Crippen molar-refractivity contribution in [2.75, 3.05) is 0 Å². The first-order valence-electron chi connectivity index (χ1n) is 7.93. The molecule has 0 saturated heterocycles. The van der Waals surface area contributed by atoms with Gasteiger partial charge in [-0.05, 0) is 24.1 Å². The zero-order chi connectivity index (χ0) is 17.8. The van der Waals surface area contributed by atoms with Crippen LogP contribution >= 0.6 is 0 Å². The van der Waals surface area contributed by atoms with Crippen molar-refractivity contribution in [3.05, 3.63) is 82.8 Å². The lowest BCUT2D eigenvalue weighted by Gasteiger charge is -2.17. The molecule has 1 aromatic heterocycles. The fourth-order valence-corrected chi connectivity index (χ4v) is 2.62. The lowest BCUT2D eigenvalue weighted by Crippen LogP contribution is -2.32. The van der Waals surface area contributed by atoms with E-state index in [1.54, 1.807) is 25.1 Å². The monoisotopic (exact) mass is 339 g/mol. The van der Waals surface area contributed by atoms with Crippen molar-refractivity contribution in [3.63, 3.8) is 0 Å². The zero-order valence-corrected chi connectivity index (χ0v) is 14.0. The van der Waals surface area contributed by atoms with Crippen molar-refractivity contribution < 1.29 is 13.7 Å². The van der Waals surface area contributed by atoms with Gasteiger partial charge in [-0.3, -0.25) is 4.79 Å². The van der Waals surface area contributed by atoms with Crippen LogP contribution in [0.5, 0.6) is 0 Å². The predicted molar refractivity (Wildman–Crippen MR) is 90.3 cm³/mol. The van der Waals surface area contributed by atoms with Crippen molar-refractivity contribution in [2.24, 2.45) is 0 Å². The quantitative estimate of drug-likeness (QED) is 0.775. The summed E-state index contributed by atoms with van der Waals surface area (Å²) < 4.78 is 19.2. The number of nitrogens with one attached hydrogen (secondary N) is 1. The predicted octanol–water partition coefficient (Wildman–Crippen LogP) is 3.27. The number of halogens is 1. The van der Waals surface area contributed by atoms with Gasteiger partial charge in [0.1, 0.15) is 11.9 Å². The maximum atomic E-state index is 14.2. The summed E-state index contributed by atoms with van der Waals surface area (Å²) in [5.41, 5.74) is 2.23. The van der Waals surface area contributed by atoms with Gasteiger partial charge in [0, 0.05) is 12.5 Å². The van der Waals surface area contributed by atoms with E-state index in [0.717, 1.165) is 11.1 Å². The molecular formula is C19H18FN3O2. The van der Waals surface area contributed by atoms with Gasteiger partial charge in [0.2, 0.25) is 11.8 Å². The molecular weight excluding hydrogens is 321 g/mol. The summed E-state index contributed by atoms with van der Waals surface area (Å²) in [6, 6.07) is 13.1. The molecule has 0 aliphatic heterocycles. The number of hydrogen-bond donors (Lipinski definition) is 1. The molecule has 0 aliphatic rings. The third-order valence-electron chi connectivity index (χ3n) is 3.94. The number of amides is 1. The number of carbonyl (C=O) groups is 1. The molecule has 25 heavy (non-hydrogen) atoms. The van der Waals surface area contributed by atoms with Crippen molar-refractivity contribution in [3.8, 4) is 0 Å². The summed E-state index contributed by atoms with van der Waals surface area (Å²) in [7, 11) is 0. The van der Waals surface area contributed by atoms with Crippen LogP contribution in [0.15, 0.2) is 53.1 Å². The second-order valence-corrected chi connectivity index (χ2v) is 5.80. The molecule has 6 heteroatoms. The topological polar surface area (TPSA) is 68.0 Å². The van der Waals surface area contributed by atoms with Gasteiger partial charge in [0.05, 0.1) is 6.42 Å². The van der Waals surface area contributed by atoms with Crippen LogP contribution in [0.1, 0.15) is 34.4 Å². The van der Waals surface area contributed by atoms with Crippen molar-refractivity contribution in [1.82, 2.24) is 15.5 Å². The van der Waals surface area contributed by atoms with E-state index in [-0.39, 0.29) is 18.2 Å². The van der Waals surface area contributed by atoms with Crippen molar-refractivity contribution in [1.29, 1.82) is 0 Å². The highest BCUT2D eigenvalue weighted by Crippen LogP contribution is 2.22. The molecule has 0 fully saturated rings. The molecule has 0 saturated carbocycles. The van der Waals surface area contributed by atoms with Crippen molar-refractivity contribution >= 4 is 5.91 Å². The van der Waals surface area contributed by atoms with Crippen LogP contribution in [-0.2, 0) is 11.2 Å². The molecule has 1 unspecified atom stereocenters. The van der Waals surface area contributed by atoms with E-state index in [4.69, 9.17) is 4.52 Å². The summed E-state index contributed by atoms with van der Waals surface area (Å²) in [5.74, 6) is -0.110. The zero-order valence-electron chi connectivity index (χ0n) is 14.0. The lowest BCUT2D eigenvalue weighted by molar-refractivity contribution is -0.121. The minimum absolute atomic E-state index is 0.189. The Morgan fingerprint density at radius 3 is 2.56 bits per heavy atom. The molecule has 1 amide bonds. The fourth-order valence-electron chi connectivity index (χ4n) is 2.62. The molecule has 5 nitrogen and oxygen atoms in total. The normalized spacial score (nSPS) is 12.0. The third kappa shape index (κ3) is 3.91. The number of nitrogens with zero attached hydrogens (tertiary/aromatic N) is 2. The Morgan fingerprint density at radius 2 is 1.88 bits per heavy atom. The van der Waals surface area contributed by atoms with Gasteiger partial charge in [-0.25, -0.2) is 4.39 Å². The number of aromatic nitrogens is 2. The van der Waals surface area contributed by atoms with Crippen LogP contribution in [0, 0.1) is 19.7 Å². The summed E-state index contributed by atoms with van der Waals surface area (Å²) >= 11 is 0. The Bertz CT molecular complexity index is 892. The summed E-state index contributed by atoms with van der Waals surface area (Å²) in [6.45, 7) is 3.59. The van der Waals surface area contributed by atoms with E-state index in [9.17, 15) is 9.18 Å². The summed E-state index contributed by atoms with van der Waals surface area (Å²) in [5, 5.41) is 6.66. The number of hydrogen-bond acceptors (Lipinski definition) is 4. The standard InChI is InChI=1S/C19H18FN3O2/c1-12-7-3-4-8-14(12)11-17(24)22-18(19-21-13(2)25-23-19)15-9-5-6-10-16(15)20/h3-10,18H,11H2,1-2H3,(H,22,24). The van der Waals surface area contributed by atoms with Crippen LogP contribution in [-0.4, -0.2) is 16.0 Å². The van der Waals surface area contributed by atoms with Crippen LogP contribution in [0.4, 0.5) is 4.39 Å². The Morgan fingerprint density at radius 1 is 1.16 bits per heavy atom. The maximum Gasteiger partial charge on any atom is 0.225 e.